The molecule has 1 aromatic carbocycles. The highest BCUT2D eigenvalue weighted by Gasteiger charge is 1.98. The second-order valence-electron chi connectivity index (χ2n) is 2.35. The van der Waals surface area contributed by atoms with E-state index in [1.54, 1.807) is 18.2 Å². The van der Waals surface area contributed by atoms with Crippen molar-refractivity contribution in [3.05, 3.63) is 23.2 Å². The van der Waals surface area contributed by atoms with Gasteiger partial charge >= 0.3 is 0 Å². The fourth-order valence-electron chi connectivity index (χ4n) is 0.794. The van der Waals surface area contributed by atoms with Crippen LogP contribution in [0.1, 0.15) is 6.92 Å². The average Bonchev–Trinajstić information content (AvgIpc) is 1.96. The van der Waals surface area contributed by atoms with E-state index < -0.39 is 0 Å². The van der Waals surface area contributed by atoms with E-state index in [0.717, 1.165) is 0 Å². The van der Waals surface area contributed by atoms with Gasteiger partial charge in [-0.25, -0.2) is 0 Å². The zero-order valence-electron chi connectivity index (χ0n) is 6.47. The van der Waals surface area contributed by atoms with Crippen LogP contribution < -0.4 is 5.32 Å². The minimum absolute atomic E-state index is 0.106. The summed E-state index contributed by atoms with van der Waals surface area (Å²) in [5.41, 5.74) is 0.705. The van der Waals surface area contributed by atoms with Crippen LogP contribution in [-0.4, -0.2) is 5.91 Å². The molecule has 0 atom stereocenters. The van der Waals surface area contributed by atoms with Crippen LogP contribution >= 0.6 is 24.2 Å². The molecule has 0 bridgehead atoms. The number of hydrogen-bond donors (Lipinski definition) is 2. The van der Waals surface area contributed by atoms with Crippen LogP contribution in [0.25, 0.3) is 0 Å². The van der Waals surface area contributed by atoms with Crippen LogP contribution in [-0.2, 0) is 4.79 Å². The highest BCUT2D eigenvalue weighted by molar-refractivity contribution is 7.80. The van der Waals surface area contributed by atoms with Crippen molar-refractivity contribution in [2.75, 3.05) is 5.32 Å². The molecule has 0 aliphatic heterocycles. The van der Waals surface area contributed by atoms with E-state index in [2.05, 4.69) is 17.9 Å². The predicted molar refractivity (Wildman–Crippen MR) is 53.0 cm³/mol. The van der Waals surface area contributed by atoms with Crippen molar-refractivity contribution in [1.29, 1.82) is 0 Å². The molecule has 0 aromatic heterocycles. The molecule has 0 saturated heterocycles. The Labute approximate surface area is 81.3 Å². The Bertz CT molecular complexity index is 314. The second-order valence-corrected chi connectivity index (χ2v) is 3.24. The fraction of sp³-hybridized carbons (Fsp3) is 0.125. The molecular formula is C8H8ClNOS. The van der Waals surface area contributed by atoms with E-state index in [-0.39, 0.29) is 5.91 Å². The maximum Gasteiger partial charge on any atom is 0.221 e. The van der Waals surface area contributed by atoms with Crippen molar-refractivity contribution in [3.63, 3.8) is 0 Å². The van der Waals surface area contributed by atoms with Gasteiger partial charge in [-0.05, 0) is 18.2 Å². The van der Waals surface area contributed by atoms with Gasteiger partial charge in [0.1, 0.15) is 0 Å². The summed E-state index contributed by atoms with van der Waals surface area (Å²) in [7, 11) is 0. The van der Waals surface area contributed by atoms with Gasteiger partial charge in [-0.2, -0.15) is 0 Å². The Kier molecular flexibility index (Phi) is 3.00. The third kappa shape index (κ3) is 2.43. The lowest BCUT2D eigenvalue weighted by atomic mass is 10.3. The summed E-state index contributed by atoms with van der Waals surface area (Å²) in [5, 5.41) is 3.20. The third-order valence-corrected chi connectivity index (χ3v) is 2.10. The summed E-state index contributed by atoms with van der Waals surface area (Å²) in [4.78, 5) is 11.3. The van der Waals surface area contributed by atoms with E-state index in [1.165, 1.54) is 6.92 Å². The van der Waals surface area contributed by atoms with Gasteiger partial charge in [-0.15, -0.1) is 12.6 Å². The van der Waals surface area contributed by atoms with Crippen LogP contribution in [0.3, 0.4) is 0 Å². The molecule has 0 aliphatic carbocycles. The van der Waals surface area contributed by atoms with Gasteiger partial charge < -0.3 is 5.32 Å². The lowest BCUT2D eigenvalue weighted by Crippen LogP contribution is -2.05. The first-order valence-electron chi connectivity index (χ1n) is 3.35. The number of amides is 1. The number of benzene rings is 1. The number of nitrogens with one attached hydrogen (secondary N) is 1. The fourth-order valence-corrected chi connectivity index (χ4v) is 1.12. The SMILES string of the molecule is CC(=O)Nc1ccc(Cl)c(S)c1. The zero-order chi connectivity index (χ0) is 9.14. The van der Waals surface area contributed by atoms with Gasteiger partial charge in [0.15, 0.2) is 0 Å². The summed E-state index contributed by atoms with van der Waals surface area (Å²) in [6.45, 7) is 1.45. The minimum Gasteiger partial charge on any atom is -0.326 e. The molecule has 0 heterocycles. The van der Waals surface area contributed by atoms with Gasteiger partial charge in [0.2, 0.25) is 5.91 Å². The molecule has 12 heavy (non-hydrogen) atoms. The van der Waals surface area contributed by atoms with Crippen LogP contribution in [0.2, 0.25) is 5.02 Å². The number of carbonyl (C=O) groups is 1. The first-order valence-corrected chi connectivity index (χ1v) is 4.18. The van der Waals surface area contributed by atoms with Crippen LogP contribution in [0.5, 0.6) is 0 Å². The van der Waals surface area contributed by atoms with E-state index in [1.807, 2.05) is 0 Å². The van der Waals surface area contributed by atoms with Crippen LogP contribution in [0, 0.1) is 0 Å². The first kappa shape index (κ1) is 9.42. The topological polar surface area (TPSA) is 29.1 Å². The Morgan fingerprint density at radius 2 is 2.25 bits per heavy atom. The molecule has 0 unspecified atom stereocenters. The first-order chi connectivity index (χ1) is 5.59. The normalized spacial score (nSPS) is 9.58. The van der Waals surface area contributed by atoms with Gasteiger partial charge in [0, 0.05) is 17.5 Å². The summed E-state index contributed by atoms with van der Waals surface area (Å²) >= 11 is 9.83. The van der Waals surface area contributed by atoms with Crippen molar-refractivity contribution < 1.29 is 4.79 Å². The molecule has 0 spiro atoms. The molecule has 0 aliphatic rings. The quantitative estimate of drug-likeness (QED) is 0.672. The molecule has 64 valence electrons. The monoisotopic (exact) mass is 201 g/mol. The Hall–Kier alpha value is -0.670. The van der Waals surface area contributed by atoms with Crippen molar-refractivity contribution >= 4 is 35.8 Å². The standard InChI is InChI=1S/C8H8ClNOS/c1-5(11)10-6-2-3-7(9)8(12)4-6/h2-4,12H,1H3,(H,10,11). The highest BCUT2D eigenvalue weighted by Crippen LogP contribution is 2.23. The van der Waals surface area contributed by atoms with Crippen molar-refractivity contribution in [2.45, 2.75) is 11.8 Å². The number of carbonyl (C=O) groups excluding carboxylic acids is 1. The number of hydrogen-bond acceptors (Lipinski definition) is 2. The molecule has 0 saturated carbocycles. The number of anilines is 1. The van der Waals surface area contributed by atoms with Crippen molar-refractivity contribution in [1.82, 2.24) is 0 Å². The molecule has 1 amide bonds. The Morgan fingerprint density at radius 3 is 2.75 bits per heavy atom. The van der Waals surface area contributed by atoms with Crippen LogP contribution in [0.15, 0.2) is 23.1 Å². The molecule has 0 radical (unpaired) electrons. The molecular weight excluding hydrogens is 194 g/mol. The lowest BCUT2D eigenvalue weighted by molar-refractivity contribution is -0.114. The summed E-state index contributed by atoms with van der Waals surface area (Å²) < 4.78 is 0. The number of halogens is 1. The molecule has 4 heteroatoms. The highest BCUT2D eigenvalue weighted by atomic mass is 35.5. The summed E-state index contributed by atoms with van der Waals surface area (Å²) in [5.74, 6) is -0.106. The maximum atomic E-state index is 10.6. The molecule has 2 nitrogen and oxygen atoms in total. The lowest BCUT2D eigenvalue weighted by Gasteiger charge is -2.03. The van der Waals surface area contributed by atoms with E-state index >= 15 is 0 Å². The van der Waals surface area contributed by atoms with E-state index in [4.69, 9.17) is 11.6 Å². The largest absolute Gasteiger partial charge is 0.326 e. The Balaban J connectivity index is 2.89. The third-order valence-electron chi connectivity index (χ3n) is 1.27. The smallest absolute Gasteiger partial charge is 0.221 e. The molecule has 1 aromatic rings. The maximum absolute atomic E-state index is 10.6. The van der Waals surface area contributed by atoms with Gasteiger partial charge in [0.05, 0.1) is 5.02 Å². The van der Waals surface area contributed by atoms with Crippen molar-refractivity contribution in [3.8, 4) is 0 Å². The van der Waals surface area contributed by atoms with Gasteiger partial charge in [-0.1, -0.05) is 11.6 Å². The summed E-state index contributed by atoms with van der Waals surface area (Å²) in [6, 6.07) is 5.12. The van der Waals surface area contributed by atoms with E-state index in [0.29, 0.717) is 15.6 Å². The van der Waals surface area contributed by atoms with Gasteiger partial charge in [-0.3, -0.25) is 4.79 Å². The van der Waals surface area contributed by atoms with Gasteiger partial charge in [0.25, 0.3) is 0 Å². The van der Waals surface area contributed by atoms with E-state index in [9.17, 15) is 4.79 Å². The second kappa shape index (κ2) is 3.83. The van der Waals surface area contributed by atoms with Crippen molar-refractivity contribution in [2.24, 2.45) is 0 Å². The number of thiol groups is 1. The summed E-state index contributed by atoms with van der Waals surface area (Å²) in [6.07, 6.45) is 0. The average molecular weight is 202 g/mol. The predicted octanol–water partition coefficient (Wildman–Crippen LogP) is 2.59. The molecule has 0 fully saturated rings. The number of rotatable bonds is 1. The Morgan fingerprint density at radius 1 is 1.58 bits per heavy atom. The van der Waals surface area contributed by atoms with Crippen LogP contribution in [0.4, 0.5) is 5.69 Å². The zero-order valence-corrected chi connectivity index (χ0v) is 8.12. The molecule has 1 rings (SSSR count). The minimum atomic E-state index is -0.106. The molecule has 1 N–H and O–H groups in total.